The number of carbonyl (C=O) groups excluding carboxylic acids is 3. The highest BCUT2D eigenvalue weighted by atomic mass is 16.6. The van der Waals surface area contributed by atoms with Gasteiger partial charge in [0.15, 0.2) is 0 Å². The van der Waals surface area contributed by atoms with Gasteiger partial charge in [-0.1, -0.05) is 6.07 Å². The summed E-state index contributed by atoms with van der Waals surface area (Å²) in [5.41, 5.74) is 4.29. The zero-order valence-electron chi connectivity index (χ0n) is 15.8. The van der Waals surface area contributed by atoms with E-state index in [-0.39, 0.29) is 17.7 Å². The predicted molar refractivity (Wildman–Crippen MR) is 103 cm³/mol. The van der Waals surface area contributed by atoms with Crippen molar-refractivity contribution in [3.8, 4) is 0 Å². The van der Waals surface area contributed by atoms with Gasteiger partial charge in [0.25, 0.3) is 17.4 Å². The van der Waals surface area contributed by atoms with Gasteiger partial charge in [-0.25, -0.2) is 4.79 Å². The molecule has 2 aromatic rings. The van der Waals surface area contributed by atoms with E-state index in [0.717, 1.165) is 0 Å². The first-order valence-corrected chi connectivity index (χ1v) is 8.49. The third-order valence-electron chi connectivity index (χ3n) is 3.32. The highest BCUT2D eigenvalue weighted by molar-refractivity contribution is 5.96. The third-order valence-corrected chi connectivity index (χ3v) is 3.32. The Bertz CT molecular complexity index is 913. The Morgan fingerprint density at radius 2 is 1.68 bits per heavy atom. The molecule has 0 aliphatic heterocycles. The topological polar surface area (TPSA) is 119 Å². The van der Waals surface area contributed by atoms with Crippen LogP contribution < -0.4 is 21.7 Å². The number of benzene rings is 1. The van der Waals surface area contributed by atoms with Crippen molar-refractivity contribution in [1.82, 2.24) is 15.4 Å². The molecule has 0 bridgehead atoms. The Labute approximate surface area is 161 Å². The molecule has 0 radical (unpaired) electrons. The van der Waals surface area contributed by atoms with E-state index in [1.54, 1.807) is 32.9 Å². The molecule has 1 aromatic heterocycles. The number of anilines is 1. The van der Waals surface area contributed by atoms with Crippen LogP contribution in [0.25, 0.3) is 0 Å². The summed E-state index contributed by atoms with van der Waals surface area (Å²) in [6, 6.07) is 10.6. The van der Waals surface area contributed by atoms with Gasteiger partial charge >= 0.3 is 6.09 Å². The summed E-state index contributed by atoms with van der Waals surface area (Å²) in [6.07, 6.45) is 0.869. The van der Waals surface area contributed by atoms with Gasteiger partial charge < -0.3 is 9.30 Å². The van der Waals surface area contributed by atoms with Crippen molar-refractivity contribution in [1.29, 1.82) is 0 Å². The Morgan fingerprint density at radius 1 is 1.00 bits per heavy atom. The van der Waals surface area contributed by atoms with E-state index in [4.69, 9.17) is 4.74 Å². The number of hydrazine groups is 1. The zero-order valence-corrected chi connectivity index (χ0v) is 15.8. The highest BCUT2D eigenvalue weighted by Gasteiger charge is 2.16. The lowest BCUT2D eigenvalue weighted by Gasteiger charge is -2.19. The molecule has 1 aromatic carbocycles. The van der Waals surface area contributed by atoms with Crippen molar-refractivity contribution < 1.29 is 19.1 Å². The minimum atomic E-state index is -0.618. The maximum absolute atomic E-state index is 12.1. The lowest BCUT2D eigenvalue weighted by Crippen LogP contribution is -2.44. The maximum Gasteiger partial charge on any atom is 0.412 e. The van der Waals surface area contributed by atoms with Crippen LogP contribution in [-0.2, 0) is 16.1 Å². The average molecular weight is 386 g/mol. The van der Waals surface area contributed by atoms with Crippen LogP contribution in [0.5, 0.6) is 0 Å². The molecule has 0 aliphatic rings. The van der Waals surface area contributed by atoms with E-state index in [9.17, 15) is 19.2 Å². The number of hydrogen-bond donors (Lipinski definition) is 3. The molecule has 0 unspecified atom stereocenters. The van der Waals surface area contributed by atoms with Crippen molar-refractivity contribution in [3.63, 3.8) is 0 Å². The van der Waals surface area contributed by atoms with Crippen LogP contribution in [0.4, 0.5) is 10.5 Å². The van der Waals surface area contributed by atoms with Gasteiger partial charge in [-0.3, -0.25) is 30.6 Å². The second-order valence-corrected chi connectivity index (χ2v) is 6.87. The summed E-state index contributed by atoms with van der Waals surface area (Å²) in [7, 11) is 0. The number of nitrogens with one attached hydrogen (secondary N) is 3. The fourth-order valence-electron chi connectivity index (χ4n) is 2.11. The Morgan fingerprint density at radius 3 is 2.29 bits per heavy atom. The molecule has 1 heterocycles. The van der Waals surface area contributed by atoms with Crippen molar-refractivity contribution in [2.24, 2.45) is 0 Å². The molecule has 148 valence electrons. The average Bonchev–Trinajstić information content (AvgIpc) is 2.60. The van der Waals surface area contributed by atoms with Crippen LogP contribution in [0.3, 0.4) is 0 Å². The summed E-state index contributed by atoms with van der Waals surface area (Å²) in [5.74, 6) is -1.09. The van der Waals surface area contributed by atoms with Crippen molar-refractivity contribution >= 4 is 23.6 Å². The molecule has 0 atom stereocenters. The molecule has 0 fully saturated rings. The fourth-order valence-corrected chi connectivity index (χ4v) is 2.11. The lowest BCUT2D eigenvalue weighted by atomic mass is 10.2. The smallest absolute Gasteiger partial charge is 0.412 e. The minimum absolute atomic E-state index is 0.224. The summed E-state index contributed by atoms with van der Waals surface area (Å²) < 4.78 is 6.35. The van der Waals surface area contributed by atoms with Crippen LogP contribution in [0.1, 0.15) is 31.1 Å². The number of carbonyl (C=O) groups is 3. The van der Waals surface area contributed by atoms with E-state index in [1.807, 2.05) is 0 Å². The lowest BCUT2D eigenvalue weighted by molar-refractivity contribution is -0.122. The number of hydrogen-bond acceptors (Lipinski definition) is 5. The van der Waals surface area contributed by atoms with Crippen molar-refractivity contribution in [2.45, 2.75) is 32.9 Å². The summed E-state index contributed by atoms with van der Waals surface area (Å²) in [5, 5.41) is 2.55. The highest BCUT2D eigenvalue weighted by Crippen LogP contribution is 2.12. The van der Waals surface area contributed by atoms with Crippen molar-refractivity contribution in [2.75, 3.05) is 5.32 Å². The van der Waals surface area contributed by atoms with Gasteiger partial charge in [-0.15, -0.1) is 0 Å². The monoisotopic (exact) mass is 386 g/mol. The first kappa shape index (κ1) is 20.7. The van der Waals surface area contributed by atoms with Crippen LogP contribution in [0, 0.1) is 0 Å². The van der Waals surface area contributed by atoms with E-state index >= 15 is 0 Å². The number of pyridine rings is 1. The third kappa shape index (κ3) is 6.60. The SMILES string of the molecule is CC(C)(C)OC(=O)Nc1ccc(C(=O)NNC(=O)Cn2ccccc2=O)cc1. The van der Waals surface area contributed by atoms with Gasteiger partial charge in [0.05, 0.1) is 0 Å². The number of amides is 3. The molecule has 0 saturated carbocycles. The van der Waals surface area contributed by atoms with Gasteiger partial charge in [0.2, 0.25) is 0 Å². The Balaban J connectivity index is 1.85. The molecular weight excluding hydrogens is 364 g/mol. The number of aromatic nitrogens is 1. The van der Waals surface area contributed by atoms with Gasteiger partial charge in [0.1, 0.15) is 12.1 Å². The van der Waals surface area contributed by atoms with E-state index in [2.05, 4.69) is 16.2 Å². The van der Waals surface area contributed by atoms with Gasteiger partial charge in [0, 0.05) is 23.5 Å². The zero-order chi connectivity index (χ0) is 20.7. The normalized spacial score (nSPS) is 10.7. The first-order chi connectivity index (χ1) is 13.1. The molecule has 0 saturated heterocycles. The molecular formula is C19H22N4O5. The Hall–Kier alpha value is -3.62. The molecule has 0 spiro atoms. The van der Waals surface area contributed by atoms with Gasteiger partial charge in [-0.2, -0.15) is 0 Å². The summed E-state index contributed by atoms with van der Waals surface area (Å²) >= 11 is 0. The predicted octanol–water partition coefficient (Wildman–Crippen LogP) is 1.66. The second kappa shape index (κ2) is 8.85. The molecule has 3 amide bonds. The van der Waals surface area contributed by atoms with Gasteiger partial charge in [-0.05, 0) is 51.1 Å². The van der Waals surface area contributed by atoms with E-state index in [0.29, 0.717) is 5.69 Å². The van der Waals surface area contributed by atoms with Crippen LogP contribution in [-0.4, -0.2) is 28.1 Å². The van der Waals surface area contributed by atoms with E-state index in [1.165, 1.54) is 41.1 Å². The first-order valence-electron chi connectivity index (χ1n) is 8.49. The maximum atomic E-state index is 12.1. The quantitative estimate of drug-likeness (QED) is 0.691. The molecule has 9 nitrogen and oxygen atoms in total. The molecule has 9 heteroatoms. The molecule has 0 aliphatic carbocycles. The van der Waals surface area contributed by atoms with E-state index < -0.39 is 23.5 Å². The number of nitrogens with zero attached hydrogens (tertiary/aromatic N) is 1. The largest absolute Gasteiger partial charge is 0.444 e. The summed E-state index contributed by atoms with van der Waals surface area (Å²) in [4.78, 5) is 47.2. The van der Waals surface area contributed by atoms with Crippen LogP contribution in [0.2, 0.25) is 0 Å². The molecule has 28 heavy (non-hydrogen) atoms. The Kier molecular flexibility index (Phi) is 6.54. The van der Waals surface area contributed by atoms with Crippen molar-refractivity contribution in [3.05, 3.63) is 64.6 Å². The summed E-state index contributed by atoms with van der Waals surface area (Å²) in [6.45, 7) is 5.03. The molecule has 3 N–H and O–H groups in total. The standard InChI is InChI=1S/C19H22N4O5/c1-19(2,3)28-18(27)20-14-9-7-13(8-10-14)17(26)22-21-15(24)12-23-11-5-4-6-16(23)25/h4-11H,12H2,1-3H3,(H,20,27)(H,21,24)(H,22,26). The number of rotatable bonds is 4. The van der Waals surface area contributed by atoms with Crippen LogP contribution in [0.15, 0.2) is 53.5 Å². The fraction of sp³-hybridized carbons (Fsp3) is 0.263. The number of ether oxygens (including phenoxy) is 1. The minimum Gasteiger partial charge on any atom is -0.444 e. The van der Waals surface area contributed by atoms with Crippen LogP contribution >= 0.6 is 0 Å². The molecule has 2 rings (SSSR count). The second-order valence-electron chi connectivity index (χ2n) is 6.87.